The Morgan fingerprint density at radius 2 is 1.92 bits per heavy atom. The number of aromatic hydroxyl groups is 1. The lowest BCUT2D eigenvalue weighted by molar-refractivity contribution is -0.141. The van der Waals surface area contributed by atoms with Crippen LogP contribution in [-0.4, -0.2) is 66.1 Å². The van der Waals surface area contributed by atoms with Gasteiger partial charge in [0.25, 0.3) is 5.91 Å². The van der Waals surface area contributed by atoms with Crippen molar-refractivity contribution in [2.24, 2.45) is 5.92 Å². The van der Waals surface area contributed by atoms with Gasteiger partial charge in [-0.3, -0.25) is 9.59 Å². The van der Waals surface area contributed by atoms with E-state index in [2.05, 4.69) is 0 Å². The number of carbonyl (C=O) groups excluding carboxylic acids is 2. The minimum absolute atomic E-state index is 0.0826. The monoisotopic (exact) mass is 352 g/mol. The van der Waals surface area contributed by atoms with Gasteiger partial charge < -0.3 is 19.6 Å². The van der Waals surface area contributed by atoms with Crippen LogP contribution >= 0.6 is 11.6 Å². The molecule has 2 aliphatic heterocycles. The Hall–Kier alpha value is -1.79. The van der Waals surface area contributed by atoms with E-state index >= 15 is 0 Å². The minimum atomic E-state index is -0.322. The first-order chi connectivity index (χ1) is 11.6. The molecular weight excluding hydrogens is 332 g/mol. The highest BCUT2D eigenvalue weighted by molar-refractivity contribution is 6.34. The van der Waals surface area contributed by atoms with Gasteiger partial charge in [-0.25, -0.2) is 0 Å². The topological polar surface area (TPSA) is 70.1 Å². The number of rotatable bonds is 2. The molecule has 0 radical (unpaired) electrons. The van der Waals surface area contributed by atoms with E-state index in [0.717, 1.165) is 12.8 Å². The first kappa shape index (κ1) is 17.0. The zero-order valence-corrected chi connectivity index (χ0v) is 14.2. The lowest BCUT2D eigenvalue weighted by atomic mass is 9.95. The number of ether oxygens (including phenoxy) is 1. The Morgan fingerprint density at radius 1 is 1.17 bits per heavy atom. The number of hydrogen-bond donors (Lipinski definition) is 1. The Morgan fingerprint density at radius 3 is 2.62 bits per heavy atom. The molecule has 2 fully saturated rings. The maximum atomic E-state index is 12.7. The molecule has 130 valence electrons. The second kappa shape index (κ2) is 7.40. The van der Waals surface area contributed by atoms with Crippen molar-refractivity contribution in [1.82, 2.24) is 9.80 Å². The van der Waals surface area contributed by atoms with Gasteiger partial charge in [-0.15, -0.1) is 0 Å². The molecule has 2 amide bonds. The summed E-state index contributed by atoms with van der Waals surface area (Å²) in [6, 6.07) is 4.61. The predicted molar refractivity (Wildman–Crippen MR) is 89.1 cm³/mol. The average molecular weight is 353 g/mol. The van der Waals surface area contributed by atoms with E-state index in [1.165, 1.54) is 6.07 Å². The van der Waals surface area contributed by atoms with E-state index in [9.17, 15) is 14.7 Å². The van der Waals surface area contributed by atoms with E-state index < -0.39 is 0 Å². The Bertz CT molecular complexity index is 611. The van der Waals surface area contributed by atoms with Gasteiger partial charge in [0.1, 0.15) is 5.75 Å². The third-order valence-electron chi connectivity index (χ3n) is 4.59. The van der Waals surface area contributed by atoms with Crippen LogP contribution in [0.4, 0.5) is 0 Å². The van der Waals surface area contributed by atoms with Crippen molar-refractivity contribution in [3.05, 3.63) is 28.8 Å². The fraction of sp³-hybridized carbons (Fsp3) is 0.529. The largest absolute Gasteiger partial charge is 0.507 e. The van der Waals surface area contributed by atoms with Crippen LogP contribution in [0.1, 0.15) is 23.2 Å². The number of halogens is 1. The van der Waals surface area contributed by atoms with Gasteiger partial charge >= 0.3 is 0 Å². The predicted octanol–water partition coefficient (Wildman–Crippen LogP) is 1.76. The highest BCUT2D eigenvalue weighted by atomic mass is 35.5. The van der Waals surface area contributed by atoms with E-state index in [-0.39, 0.29) is 34.1 Å². The number of amides is 2. The van der Waals surface area contributed by atoms with Crippen LogP contribution in [0.2, 0.25) is 5.02 Å². The van der Waals surface area contributed by atoms with Crippen LogP contribution in [-0.2, 0) is 9.53 Å². The van der Waals surface area contributed by atoms with Crippen molar-refractivity contribution in [2.75, 3.05) is 39.4 Å². The zero-order valence-electron chi connectivity index (χ0n) is 13.4. The molecular formula is C17H21ClN2O4. The molecule has 0 spiro atoms. The average Bonchev–Trinajstić information content (AvgIpc) is 2.61. The quantitative estimate of drug-likeness (QED) is 0.880. The standard InChI is InChI=1S/C17H21ClN2O4/c18-13-4-1-5-14(21)15(13)17(23)20-6-2-3-12(11-20)16(22)19-7-9-24-10-8-19/h1,4-5,12,21H,2-3,6-11H2. The van der Waals surface area contributed by atoms with Crippen LogP contribution in [0, 0.1) is 5.92 Å². The highest BCUT2D eigenvalue weighted by Gasteiger charge is 2.33. The molecule has 0 aromatic heterocycles. The number of hydrogen-bond acceptors (Lipinski definition) is 4. The molecule has 2 aliphatic rings. The smallest absolute Gasteiger partial charge is 0.259 e. The summed E-state index contributed by atoms with van der Waals surface area (Å²) in [6.07, 6.45) is 1.53. The summed E-state index contributed by atoms with van der Waals surface area (Å²) in [4.78, 5) is 28.8. The number of carbonyl (C=O) groups is 2. The number of benzene rings is 1. The molecule has 2 saturated heterocycles. The number of nitrogens with zero attached hydrogens (tertiary/aromatic N) is 2. The summed E-state index contributed by atoms with van der Waals surface area (Å²) in [5.74, 6) is -0.573. The Kier molecular flexibility index (Phi) is 5.26. The van der Waals surface area contributed by atoms with Gasteiger partial charge in [0, 0.05) is 26.2 Å². The molecule has 1 atom stereocenters. The summed E-state index contributed by atoms with van der Waals surface area (Å²) in [5, 5.41) is 10.2. The van der Waals surface area contributed by atoms with Crippen LogP contribution in [0.5, 0.6) is 5.75 Å². The maximum Gasteiger partial charge on any atom is 0.259 e. The van der Waals surface area contributed by atoms with E-state index in [0.29, 0.717) is 39.4 Å². The molecule has 0 bridgehead atoms. The molecule has 3 rings (SSSR count). The Balaban J connectivity index is 1.71. The number of morpholine rings is 1. The second-order valence-electron chi connectivity index (χ2n) is 6.16. The van der Waals surface area contributed by atoms with Crippen molar-refractivity contribution in [3.63, 3.8) is 0 Å². The summed E-state index contributed by atoms with van der Waals surface area (Å²) in [7, 11) is 0. The third kappa shape index (κ3) is 3.49. The highest BCUT2D eigenvalue weighted by Crippen LogP contribution is 2.29. The second-order valence-corrected chi connectivity index (χ2v) is 6.57. The van der Waals surface area contributed by atoms with Crippen molar-refractivity contribution in [3.8, 4) is 5.75 Å². The summed E-state index contributed by atoms with van der Waals surface area (Å²) < 4.78 is 5.28. The first-order valence-electron chi connectivity index (χ1n) is 8.21. The molecule has 6 nitrogen and oxygen atoms in total. The van der Waals surface area contributed by atoms with Crippen molar-refractivity contribution in [2.45, 2.75) is 12.8 Å². The van der Waals surface area contributed by atoms with Gasteiger partial charge in [-0.1, -0.05) is 17.7 Å². The van der Waals surface area contributed by atoms with Crippen molar-refractivity contribution in [1.29, 1.82) is 0 Å². The van der Waals surface area contributed by atoms with Gasteiger partial charge in [0.15, 0.2) is 0 Å². The SMILES string of the molecule is O=C(c1c(O)cccc1Cl)N1CCCC(C(=O)N2CCOCC2)C1. The first-order valence-corrected chi connectivity index (χ1v) is 8.59. The number of likely N-dealkylation sites (tertiary alicyclic amines) is 1. The molecule has 24 heavy (non-hydrogen) atoms. The molecule has 1 aromatic rings. The maximum absolute atomic E-state index is 12.7. The summed E-state index contributed by atoms with van der Waals surface area (Å²) in [6.45, 7) is 3.27. The fourth-order valence-corrected chi connectivity index (χ4v) is 3.54. The number of phenolic OH excluding ortho intramolecular Hbond substituents is 1. The van der Waals surface area contributed by atoms with E-state index in [1.807, 2.05) is 4.90 Å². The van der Waals surface area contributed by atoms with Crippen molar-refractivity contribution >= 4 is 23.4 Å². The lowest BCUT2D eigenvalue weighted by Crippen LogP contribution is -2.49. The molecule has 1 unspecified atom stereocenters. The molecule has 1 N–H and O–H groups in total. The van der Waals surface area contributed by atoms with Crippen LogP contribution in [0.15, 0.2) is 18.2 Å². The molecule has 1 aromatic carbocycles. The Labute approximate surface area is 145 Å². The molecule has 2 heterocycles. The number of piperidine rings is 1. The molecule has 7 heteroatoms. The summed E-state index contributed by atoms with van der Waals surface area (Å²) in [5.41, 5.74) is 0.110. The van der Waals surface area contributed by atoms with Gasteiger partial charge in [-0.2, -0.15) is 0 Å². The van der Waals surface area contributed by atoms with E-state index in [1.54, 1.807) is 17.0 Å². The number of phenols is 1. The van der Waals surface area contributed by atoms with Gasteiger partial charge in [0.2, 0.25) is 5.91 Å². The van der Waals surface area contributed by atoms with Crippen LogP contribution in [0.3, 0.4) is 0 Å². The van der Waals surface area contributed by atoms with Crippen LogP contribution < -0.4 is 0 Å². The summed E-state index contributed by atoms with van der Waals surface area (Å²) >= 11 is 6.07. The lowest BCUT2D eigenvalue weighted by Gasteiger charge is -2.36. The fourth-order valence-electron chi connectivity index (χ4n) is 3.29. The van der Waals surface area contributed by atoms with Crippen LogP contribution in [0.25, 0.3) is 0 Å². The van der Waals surface area contributed by atoms with Crippen molar-refractivity contribution < 1.29 is 19.4 Å². The van der Waals surface area contributed by atoms with Gasteiger partial charge in [-0.05, 0) is 25.0 Å². The minimum Gasteiger partial charge on any atom is -0.507 e. The third-order valence-corrected chi connectivity index (χ3v) is 4.90. The zero-order chi connectivity index (χ0) is 17.1. The normalized spacial score (nSPS) is 21.6. The van der Waals surface area contributed by atoms with Gasteiger partial charge in [0.05, 0.1) is 29.7 Å². The molecule has 0 saturated carbocycles. The van der Waals surface area contributed by atoms with E-state index in [4.69, 9.17) is 16.3 Å². The molecule has 0 aliphatic carbocycles.